The molecule has 0 fully saturated rings. The van der Waals surface area contributed by atoms with Crippen molar-refractivity contribution in [2.75, 3.05) is 19.0 Å². The van der Waals surface area contributed by atoms with E-state index in [1.807, 2.05) is 43.3 Å². The largest absolute Gasteiger partial charge is 0.378 e. The lowest BCUT2D eigenvalue weighted by molar-refractivity contribution is 0.690. The van der Waals surface area contributed by atoms with E-state index in [-0.39, 0.29) is 0 Å². The predicted molar refractivity (Wildman–Crippen MR) is 60.7 cm³/mol. The molecule has 0 saturated heterocycles. The summed E-state index contributed by atoms with van der Waals surface area (Å²) in [5.74, 6) is 0. The highest BCUT2D eigenvalue weighted by Gasteiger charge is 1.94. The van der Waals surface area contributed by atoms with Crippen molar-refractivity contribution in [3.05, 3.63) is 36.9 Å². The van der Waals surface area contributed by atoms with E-state index in [1.54, 1.807) is 0 Å². The zero-order valence-electron chi connectivity index (χ0n) is 9.15. The maximum Gasteiger partial charge on any atom is 0.141 e. The van der Waals surface area contributed by atoms with Gasteiger partial charge in [0, 0.05) is 19.8 Å². The van der Waals surface area contributed by atoms with E-state index in [1.165, 1.54) is 17.4 Å². The van der Waals surface area contributed by atoms with Gasteiger partial charge in [0.15, 0.2) is 0 Å². The van der Waals surface area contributed by atoms with Crippen molar-refractivity contribution in [2.24, 2.45) is 10.3 Å². The van der Waals surface area contributed by atoms with Crippen LogP contribution in [0.5, 0.6) is 0 Å². The highest BCUT2D eigenvalue weighted by molar-refractivity contribution is 5.51. The summed E-state index contributed by atoms with van der Waals surface area (Å²) >= 11 is 0. The number of hydrogen-bond acceptors (Lipinski definition) is 5. The third kappa shape index (κ3) is 2.41. The lowest BCUT2D eigenvalue weighted by Gasteiger charge is -2.11. The van der Waals surface area contributed by atoms with Gasteiger partial charge in [0.25, 0.3) is 0 Å². The fourth-order valence-corrected chi connectivity index (χ4v) is 1.16. The van der Waals surface area contributed by atoms with Crippen molar-refractivity contribution < 1.29 is 0 Å². The van der Waals surface area contributed by atoms with Gasteiger partial charge in [-0.1, -0.05) is 0 Å². The van der Waals surface area contributed by atoms with Gasteiger partial charge in [-0.05, 0) is 29.5 Å². The van der Waals surface area contributed by atoms with Gasteiger partial charge < -0.3 is 4.90 Å². The van der Waals surface area contributed by atoms with Crippen LogP contribution in [0.25, 0.3) is 0 Å². The molecule has 0 atom stereocenters. The van der Waals surface area contributed by atoms with E-state index in [0.29, 0.717) is 0 Å². The molecule has 0 radical (unpaired) electrons. The first kappa shape index (κ1) is 10.3. The van der Waals surface area contributed by atoms with Crippen molar-refractivity contribution in [2.45, 2.75) is 0 Å². The number of rotatable bonds is 3. The van der Waals surface area contributed by atoms with Crippen LogP contribution in [0.3, 0.4) is 0 Å². The summed E-state index contributed by atoms with van der Waals surface area (Å²) < 4.78 is 0. The van der Waals surface area contributed by atoms with Gasteiger partial charge in [-0.3, -0.25) is 0 Å². The number of aromatic nitrogens is 3. The van der Waals surface area contributed by atoms with Gasteiger partial charge >= 0.3 is 0 Å². The Morgan fingerprint density at radius 2 is 1.94 bits per heavy atom. The van der Waals surface area contributed by atoms with Crippen LogP contribution in [-0.4, -0.2) is 29.0 Å². The second-order valence-corrected chi connectivity index (χ2v) is 3.42. The molecule has 82 valence electrons. The van der Waals surface area contributed by atoms with E-state index in [4.69, 9.17) is 0 Å². The number of hydrogen-bond donors (Lipinski definition) is 0. The van der Waals surface area contributed by atoms with Crippen LogP contribution in [0.15, 0.2) is 47.3 Å². The van der Waals surface area contributed by atoms with E-state index in [0.717, 1.165) is 11.4 Å². The molecule has 0 bridgehead atoms. The van der Waals surface area contributed by atoms with Gasteiger partial charge in [0.1, 0.15) is 12.7 Å². The molecule has 1 aromatic heterocycles. The van der Waals surface area contributed by atoms with Gasteiger partial charge in [0.05, 0.1) is 5.69 Å². The fraction of sp³-hybridized carbons (Fsp3) is 0.200. The van der Waals surface area contributed by atoms with Gasteiger partial charge in [-0.2, -0.15) is 0 Å². The summed E-state index contributed by atoms with van der Waals surface area (Å²) in [6, 6.07) is 7.76. The Balaban J connectivity index is 2.11. The third-order valence-corrected chi connectivity index (χ3v) is 2.02. The highest BCUT2D eigenvalue weighted by atomic mass is 15.6. The molecule has 0 aliphatic rings. The topological polar surface area (TPSA) is 58.7 Å². The third-order valence-electron chi connectivity index (χ3n) is 2.02. The van der Waals surface area contributed by atoms with Crippen molar-refractivity contribution >= 4 is 11.4 Å². The maximum atomic E-state index is 4.02. The molecule has 16 heavy (non-hydrogen) atoms. The van der Waals surface area contributed by atoms with E-state index < -0.39 is 0 Å². The SMILES string of the molecule is CN(C)c1ccc(N=Nn2cncn2)cc1. The molecule has 0 spiro atoms. The molecular formula is C10H12N6. The molecule has 2 aromatic rings. The minimum Gasteiger partial charge on any atom is -0.378 e. The molecule has 0 aliphatic heterocycles. The lowest BCUT2D eigenvalue weighted by Crippen LogP contribution is -2.07. The molecule has 0 aliphatic carbocycles. The monoisotopic (exact) mass is 216 g/mol. The molecule has 2 rings (SSSR count). The fourth-order valence-electron chi connectivity index (χ4n) is 1.16. The standard InChI is InChI=1S/C10H12N6/c1-15(2)10-5-3-9(4-6-10)13-14-16-8-11-7-12-16/h3-8H,1-2H3. The summed E-state index contributed by atoms with van der Waals surface area (Å²) in [5, 5.41) is 11.7. The van der Waals surface area contributed by atoms with Crippen LogP contribution in [0.4, 0.5) is 11.4 Å². The van der Waals surface area contributed by atoms with Crippen LogP contribution in [0.2, 0.25) is 0 Å². The summed E-state index contributed by atoms with van der Waals surface area (Å²) in [6.07, 6.45) is 2.89. The average molecular weight is 216 g/mol. The Kier molecular flexibility index (Phi) is 2.90. The molecule has 0 amide bonds. The Morgan fingerprint density at radius 1 is 1.19 bits per heavy atom. The van der Waals surface area contributed by atoms with Crippen LogP contribution < -0.4 is 4.90 Å². The van der Waals surface area contributed by atoms with Crippen LogP contribution in [-0.2, 0) is 0 Å². The Morgan fingerprint density at radius 3 is 2.50 bits per heavy atom. The number of anilines is 1. The molecule has 1 heterocycles. The van der Waals surface area contributed by atoms with E-state index in [2.05, 4.69) is 20.4 Å². The zero-order valence-corrected chi connectivity index (χ0v) is 9.15. The maximum absolute atomic E-state index is 4.02. The lowest BCUT2D eigenvalue weighted by atomic mass is 10.3. The van der Waals surface area contributed by atoms with E-state index in [9.17, 15) is 0 Å². The van der Waals surface area contributed by atoms with Crippen molar-refractivity contribution in [1.82, 2.24) is 14.9 Å². The first-order chi connectivity index (χ1) is 7.75. The average Bonchev–Trinajstić information content (AvgIpc) is 2.80. The van der Waals surface area contributed by atoms with Crippen molar-refractivity contribution in [3.63, 3.8) is 0 Å². The summed E-state index contributed by atoms with van der Waals surface area (Å²) in [5.41, 5.74) is 1.90. The summed E-state index contributed by atoms with van der Waals surface area (Å²) in [7, 11) is 3.98. The molecule has 0 saturated carbocycles. The first-order valence-electron chi connectivity index (χ1n) is 4.80. The molecule has 0 unspecified atom stereocenters. The van der Waals surface area contributed by atoms with Gasteiger partial charge in [0.2, 0.25) is 0 Å². The highest BCUT2D eigenvalue weighted by Crippen LogP contribution is 2.18. The van der Waals surface area contributed by atoms with Crippen molar-refractivity contribution in [1.29, 1.82) is 0 Å². The zero-order chi connectivity index (χ0) is 11.4. The molecule has 6 heteroatoms. The molecule has 6 nitrogen and oxygen atoms in total. The summed E-state index contributed by atoms with van der Waals surface area (Å²) in [4.78, 5) is 7.09. The minimum absolute atomic E-state index is 0.779. The quantitative estimate of drug-likeness (QED) is 0.736. The van der Waals surface area contributed by atoms with Crippen molar-refractivity contribution in [3.8, 4) is 0 Å². The Labute approximate surface area is 93.2 Å². The second kappa shape index (κ2) is 4.52. The number of benzene rings is 1. The molecular weight excluding hydrogens is 204 g/mol. The van der Waals surface area contributed by atoms with E-state index >= 15 is 0 Å². The predicted octanol–water partition coefficient (Wildman–Crippen LogP) is 1.89. The second-order valence-electron chi connectivity index (χ2n) is 3.42. The Hall–Kier alpha value is -2.24. The molecule has 1 aromatic carbocycles. The first-order valence-corrected chi connectivity index (χ1v) is 4.80. The normalized spacial score (nSPS) is 10.9. The smallest absolute Gasteiger partial charge is 0.141 e. The Bertz CT molecular complexity index is 457. The summed E-state index contributed by atoms with van der Waals surface area (Å²) in [6.45, 7) is 0. The number of nitrogens with zero attached hydrogens (tertiary/aromatic N) is 6. The molecule has 0 N–H and O–H groups in total. The van der Waals surface area contributed by atoms with Gasteiger partial charge in [-0.15, -0.1) is 15.0 Å². The van der Waals surface area contributed by atoms with Crippen LogP contribution >= 0.6 is 0 Å². The van der Waals surface area contributed by atoms with Crippen LogP contribution in [0.1, 0.15) is 0 Å². The van der Waals surface area contributed by atoms with Crippen LogP contribution in [0, 0.1) is 0 Å². The van der Waals surface area contributed by atoms with Gasteiger partial charge in [-0.25, -0.2) is 4.98 Å². The minimum atomic E-state index is 0.779.